The molecule has 1 amide bonds. The number of likely N-dealkylation sites (tertiary alicyclic amines) is 1. The molecule has 1 heterocycles. The molecule has 3 N–H and O–H groups in total. The van der Waals surface area contributed by atoms with Gasteiger partial charge in [0.05, 0.1) is 0 Å². The molecule has 0 aromatic rings. The Kier molecular flexibility index (Phi) is 5.41. The lowest BCUT2D eigenvalue weighted by molar-refractivity contribution is -0.137. The smallest absolute Gasteiger partial charge is 0.303 e. The molecule has 2 unspecified atom stereocenters. The Hall–Kier alpha value is -1.10. The lowest BCUT2D eigenvalue weighted by Gasteiger charge is -2.36. The van der Waals surface area contributed by atoms with E-state index in [2.05, 4.69) is 0 Å². The van der Waals surface area contributed by atoms with Crippen LogP contribution in [0.25, 0.3) is 0 Å². The van der Waals surface area contributed by atoms with Gasteiger partial charge in [-0.2, -0.15) is 0 Å². The highest BCUT2D eigenvalue weighted by molar-refractivity contribution is 5.76. The number of aliphatic carboxylic acids is 1. The summed E-state index contributed by atoms with van der Waals surface area (Å²) in [5.74, 6) is -0.408. The quantitative estimate of drug-likeness (QED) is 0.748. The second-order valence-corrected chi connectivity index (χ2v) is 4.84. The summed E-state index contributed by atoms with van der Waals surface area (Å²) >= 11 is 0. The van der Waals surface area contributed by atoms with Gasteiger partial charge in [-0.05, 0) is 25.2 Å². The number of carbonyl (C=O) groups is 2. The molecule has 0 aliphatic carbocycles. The number of rotatable bonds is 5. The number of carbonyl (C=O) groups excluding carboxylic acids is 1. The first-order valence-electron chi connectivity index (χ1n) is 6.28. The van der Waals surface area contributed by atoms with E-state index in [0.717, 1.165) is 12.8 Å². The van der Waals surface area contributed by atoms with Crippen LogP contribution in [0.15, 0.2) is 0 Å². The number of nitrogens with two attached hydrogens (primary N) is 1. The molecule has 1 rings (SSSR count). The van der Waals surface area contributed by atoms with Crippen LogP contribution in [0.5, 0.6) is 0 Å². The monoisotopic (exact) mass is 242 g/mol. The van der Waals surface area contributed by atoms with Crippen molar-refractivity contribution in [2.75, 3.05) is 13.1 Å². The summed E-state index contributed by atoms with van der Waals surface area (Å²) in [5.41, 5.74) is 5.91. The maximum atomic E-state index is 11.8. The van der Waals surface area contributed by atoms with Crippen LogP contribution in [0.1, 0.15) is 39.0 Å². The van der Waals surface area contributed by atoms with Crippen molar-refractivity contribution >= 4 is 11.9 Å². The van der Waals surface area contributed by atoms with Crippen LogP contribution in [0.2, 0.25) is 0 Å². The van der Waals surface area contributed by atoms with Crippen LogP contribution in [0, 0.1) is 5.92 Å². The Balaban J connectivity index is 2.46. The standard InChI is InChI=1S/C12H22N2O3/c1-2-3-11(15)14-7-9(4-5-12(16)17)6-10(13)8-14/h9-10H,2-8,13H2,1H3,(H,16,17). The molecule has 5 heteroatoms. The third kappa shape index (κ3) is 4.73. The molecule has 0 aromatic heterocycles. The number of amides is 1. The van der Waals surface area contributed by atoms with Crippen LogP contribution < -0.4 is 5.73 Å². The minimum atomic E-state index is -0.782. The second kappa shape index (κ2) is 6.59. The lowest BCUT2D eigenvalue weighted by atomic mass is 9.90. The number of carboxylic acids is 1. The molecule has 17 heavy (non-hydrogen) atoms. The van der Waals surface area contributed by atoms with Crippen LogP contribution >= 0.6 is 0 Å². The molecule has 98 valence electrons. The van der Waals surface area contributed by atoms with Gasteiger partial charge in [0.1, 0.15) is 0 Å². The van der Waals surface area contributed by atoms with Crippen LogP contribution in [-0.4, -0.2) is 41.0 Å². The highest BCUT2D eigenvalue weighted by atomic mass is 16.4. The zero-order valence-corrected chi connectivity index (χ0v) is 10.4. The Bertz CT molecular complexity index is 281. The molecule has 0 spiro atoms. The number of hydrogen-bond donors (Lipinski definition) is 2. The summed E-state index contributed by atoms with van der Waals surface area (Å²) in [5, 5.41) is 8.66. The Labute approximate surface area is 102 Å². The van der Waals surface area contributed by atoms with Crippen LogP contribution in [-0.2, 0) is 9.59 Å². The van der Waals surface area contributed by atoms with Crippen molar-refractivity contribution in [1.82, 2.24) is 4.90 Å². The van der Waals surface area contributed by atoms with Crippen molar-refractivity contribution in [3.05, 3.63) is 0 Å². The Morgan fingerprint density at radius 2 is 2.06 bits per heavy atom. The van der Waals surface area contributed by atoms with E-state index in [1.807, 2.05) is 6.92 Å². The number of carboxylic acid groups (broad SMARTS) is 1. The zero-order chi connectivity index (χ0) is 12.8. The number of hydrogen-bond acceptors (Lipinski definition) is 3. The molecular weight excluding hydrogens is 220 g/mol. The van der Waals surface area contributed by atoms with Crippen molar-refractivity contribution in [2.45, 2.75) is 45.1 Å². The van der Waals surface area contributed by atoms with Crippen LogP contribution in [0.4, 0.5) is 0 Å². The summed E-state index contributed by atoms with van der Waals surface area (Å²) in [7, 11) is 0. The second-order valence-electron chi connectivity index (χ2n) is 4.84. The predicted molar refractivity (Wildman–Crippen MR) is 64.4 cm³/mol. The van der Waals surface area contributed by atoms with E-state index in [0.29, 0.717) is 25.9 Å². The van der Waals surface area contributed by atoms with Gasteiger partial charge in [0.2, 0.25) is 5.91 Å². The van der Waals surface area contributed by atoms with Crippen molar-refractivity contribution in [3.63, 3.8) is 0 Å². The van der Waals surface area contributed by atoms with Gasteiger partial charge in [0, 0.05) is 32.0 Å². The minimum absolute atomic E-state index is 0.0108. The van der Waals surface area contributed by atoms with E-state index in [1.54, 1.807) is 4.90 Å². The Morgan fingerprint density at radius 1 is 1.35 bits per heavy atom. The average Bonchev–Trinajstić information content (AvgIpc) is 2.26. The van der Waals surface area contributed by atoms with Gasteiger partial charge in [0.15, 0.2) is 0 Å². The maximum absolute atomic E-state index is 11.8. The van der Waals surface area contributed by atoms with E-state index < -0.39 is 5.97 Å². The predicted octanol–water partition coefficient (Wildman–Crippen LogP) is 0.827. The van der Waals surface area contributed by atoms with Crippen molar-refractivity contribution in [1.29, 1.82) is 0 Å². The normalized spacial score (nSPS) is 24.7. The third-order valence-corrected chi connectivity index (χ3v) is 3.15. The number of piperidine rings is 1. The van der Waals surface area contributed by atoms with Crippen molar-refractivity contribution in [2.24, 2.45) is 11.7 Å². The molecule has 0 aromatic carbocycles. The highest BCUT2D eigenvalue weighted by Gasteiger charge is 2.27. The molecule has 1 fully saturated rings. The molecule has 1 saturated heterocycles. The highest BCUT2D eigenvalue weighted by Crippen LogP contribution is 2.21. The van der Waals surface area contributed by atoms with Gasteiger partial charge in [0.25, 0.3) is 0 Å². The average molecular weight is 242 g/mol. The summed E-state index contributed by atoms with van der Waals surface area (Å²) in [6.45, 7) is 3.26. The fourth-order valence-corrected chi connectivity index (χ4v) is 2.36. The molecule has 2 atom stereocenters. The first-order chi connectivity index (χ1) is 8.02. The summed E-state index contributed by atoms with van der Waals surface area (Å²) in [6, 6.07) is -0.0108. The molecular formula is C12H22N2O3. The van der Waals surface area contributed by atoms with Crippen molar-refractivity contribution < 1.29 is 14.7 Å². The molecule has 0 saturated carbocycles. The maximum Gasteiger partial charge on any atom is 0.303 e. The van der Waals surface area contributed by atoms with E-state index in [1.165, 1.54) is 0 Å². The first kappa shape index (κ1) is 14.0. The van der Waals surface area contributed by atoms with Gasteiger partial charge in [-0.25, -0.2) is 0 Å². The van der Waals surface area contributed by atoms with Gasteiger partial charge in [-0.1, -0.05) is 6.92 Å². The van der Waals surface area contributed by atoms with Gasteiger partial charge in [-0.15, -0.1) is 0 Å². The third-order valence-electron chi connectivity index (χ3n) is 3.15. The van der Waals surface area contributed by atoms with E-state index in [9.17, 15) is 9.59 Å². The Morgan fingerprint density at radius 3 is 2.65 bits per heavy atom. The summed E-state index contributed by atoms with van der Waals surface area (Å²) in [6.07, 6.45) is 2.98. The summed E-state index contributed by atoms with van der Waals surface area (Å²) in [4.78, 5) is 24.1. The van der Waals surface area contributed by atoms with Gasteiger partial charge >= 0.3 is 5.97 Å². The molecule has 0 bridgehead atoms. The van der Waals surface area contributed by atoms with E-state index in [4.69, 9.17) is 10.8 Å². The fourth-order valence-electron chi connectivity index (χ4n) is 2.36. The molecule has 5 nitrogen and oxygen atoms in total. The lowest BCUT2D eigenvalue weighted by Crippen LogP contribution is -2.49. The van der Waals surface area contributed by atoms with E-state index in [-0.39, 0.29) is 24.3 Å². The SMILES string of the molecule is CCCC(=O)N1CC(N)CC(CCC(=O)O)C1. The zero-order valence-electron chi connectivity index (χ0n) is 10.4. The largest absolute Gasteiger partial charge is 0.481 e. The number of nitrogens with zero attached hydrogens (tertiary/aromatic N) is 1. The topological polar surface area (TPSA) is 83.6 Å². The van der Waals surface area contributed by atoms with Crippen LogP contribution in [0.3, 0.4) is 0 Å². The fraction of sp³-hybridized carbons (Fsp3) is 0.833. The minimum Gasteiger partial charge on any atom is -0.481 e. The summed E-state index contributed by atoms with van der Waals surface area (Å²) < 4.78 is 0. The molecule has 0 radical (unpaired) electrons. The van der Waals surface area contributed by atoms with Crippen molar-refractivity contribution in [3.8, 4) is 0 Å². The van der Waals surface area contributed by atoms with E-state index >= 15 is 0 Å². The first-order valence-corrected chi connectivity index (χ1v) is 6.28. The molecule has 1 aliphatic rings. The molecule has 1 aliphatic heterocycles. The van der Waals surface area contributed by atoms with Gasteiger partial charge < -0.3 is 15.7 Å². The van der Waals surface area contributed by atoms with Gasteiger partial charge in [-0.3, -0.25) is 9.59 Å².